The molecule has 0 saturated heterocycles. The molecular weight excluding hydrogens is 359 g/mol. The van der Waals surface area contributed by atoms with Crippen molar-refractivity contribution in [3.8, 4) is 0 Å². The number of hydrogen-bond acceptors (Lipinski definition) is 2. The molecule has 4 nitrogen and oxygen atoms in total. The second-order valence-electron chi connectivity index (χ2n) is 5.82. The number of anilines is 3. The normalized spacial score (nSPS) is 12.8. The first-order valence-corrected chi connectivity index (χ1v) is 9.16. The average molecular weight is 377 g/mol. The number of carbonyl (C=O) groups excluding carboxylic acids is 2. The molecule has 0 atom stereocenters. The van der Waals surface area contributed by atoms with Crippen molar-refractivity contribution in [2.24, 2.45) is 0 Å². The van der Waals surface area contributed by atoms with Gasteiger partial charge in [0.2, 0.25) is 11.8 Å². The van der Waals surface area contributed by atoms with Crippen LogP contribution in [0.3, 0.4) is 0 Å². The number of amides is 2. The summed E-state index contributed by atoms with van der Waals surface area (Å²) >= 11 is 11.5. The third kappa shape index (κ3) is 3.80. The number of rotatable bonds is 4. The van der Waals surface area contributed by atoms with Crippen molar-refractivity contribution in [3.05, 3.63) is 53.6 Å². The van der Waals surface area contributed by atoms with Crippen LogP contribution in [0.15, 0.2) is 42.5 Å². The Balaban J connectivity index is 2.05. The van der Waals surface area contributed by atoms with Crippen molar-refractivity contribution >= 4 is 52.1 Å². The van der Waals surface area contributed by atoms with Gasteiger partial charge in [-0.3, -0.25) is 14.5 Å². The zero-order valence-electron chi connectivity index (χ0n) is 13.6. The lowest BCUT2D eigenvalue weighted by molar-refractivity contribution is -0.116. The van der Waals surface area contributed by atoms with Crippen LogP contribution in [0, 0.1) is 0 Å². The van der Waals surface area contributed by atoms with Gasteiger partial charge in [-0.2, -0.15) is 0 Å². The van der Waals surface area contributed by atoms with Gasteiger partial charge in [0.1, 0.15) is 5.88 Å². The monoisotopic (exact) mass is 376 g/mol. The van der Waals surface area contributed by atoms with E-state index in [4.69, 9.17) is 23.2 Å². The van der Waals surface area contributed by atoms with Crippen molar-refractivity contribution in [3.63, 3.8) is 0 Å². The Morgan fingerprint density at radius 2 is 1.72 bits per heavy atom. The molecule has 2 amide bonds. The van der Waals surface area contributed by atoms with Gasteiger partial charge in [0.15, 0.2) is 0 Å². The van der Waals surface area contributed by atoms with Gasteiger partial charge in [0.05, 0.1) is 11.4 Å². The standard InChI is InChI=1S/C19H18Cl2N2O2/c20-10-9-18(24)22-15-8-7-14-6-5-13-3-1-2-4-16(13)23(17(14)11-15)19(25)12-21/h1-4,7-8,11H,5-6,9-10,12H2,(H,22,24). The number of aryl methyl sites for hydroxylation is 2. The molecule has 0 aromatic heterocycles. The molecule has 1 N–H and O–H groups in total. The van der Waals surface area contributed by atoms with Gasteiger partial charge in [-0.25, -0.2) is 0 Å². The van der Waals surface area contributed by atoms with E-state index in [-0.39, 0.29) is 30.0 Å². The lowest BCUT2D eigenvalue weighted by Crippen LogP contribution is -2.28. The van der Waals surface area contributed by atoms with E-state index in [0.29, 0.717) is 5.69 Å². The van der Waals surface area contributed by atoms with Crippen LogP contribution in [0.2, 0.25) is 0 Å². The van der Waals surface area contributed by atoms with Gasteiger partial charge in [-0.05, 0) is 42.2 Å². The van der Waals surface area contributed by atoms with E-state index in [9.17, 15) is 9.59 Å². The average Bonchev–Trinajstić information content (AvgIpc) is 2.78. The Morgan fingerprint density at radius 3 is 2.44 bits per heavy atom. The molecule has 0 bridgehead atoms. The van der Waals surface area contributed by atoms with Crippen molar-refractivity contribution in [2.75, 3.05) is 22.0 Å². The lowest BCUT2D eigenvalue weighted by Gasteiger charge is -2.25. The molecule has 0 saturated carbocycles. The van der Waals surface area contributed by atoms with Crippen molar-refractivity contribution in [2.45, 2.75) is 19.3 Å². The maximum atomic E-state index is 12.6. The summed E-state index contributed by atoms with van der Waals surface area (Å²) in [5.74, 6) is -0.196. The second-order valence-corrected chi connectivity index (χ2v) is 6.47. The molecule has 0 spiro atoms. The highest BCUT2D eigenvalue weighted by molar-refractivity contribution is 6.30. The second kappa shape index (κ2) is 7.89. The van der Waals surface area contributed by atoms with E-state index < -0.39 is 0 Å². The van der Waals surface area contributed by atoms with Crippen LogP contribution in [0.1, 0.15) is 17.5 Å². The molecule has 0 radical (unpaired) electrons. The van der Waals surface area contributed by atoms with Crippen molar-refractivity contribution < 1.29 is 9.59 Å². The summed E-state index contributed by atoms with van der Waals surface area (Å²) < 4.78 is 0. The molecule has 3 rings (SSSR count). The maximum Gasteiger partial charge on any atom is 0.246 e. The first-order chi connectivity index (χ1) is 12.1. The number of halogens is 2. The number of benzene rings is 2. The highest BCUT2D eigenvalue weighted by Gasteiger charge is 2.25. The minimum absolute atomic E-state index is 0.114. The molecule has 6 heteroatoms. The SMILES string of the molecule is O=C(CCCl)Nc1ccc2c(c1)N(C(=O)CCl)c1ccccc1CC2. The quantitative estimate of drug-likeness (QED) is 0.810. The Kier molecular flexibility index (Phi) is 5.61. The minimum atomic E-state index is -0.193. The Bertz CT molecular complexity index is 808. The number of nitrogens with one attached hydrogen (secondary N) is 1. The zero-order valence-corrected chi connectivity index (χ0v) is 15.1. The summed E-state index contributed by atoms with van der Waals surface area (Å²) in [6.07, 6.45) is 1.90. The van der Waals surface area contributed by atoms with Gasteiger partial charge < -0.3 is 5.32 Å². The predicted molar refractivity (Wildman–Crippen MR) is 102 cm³/mol. The van der Waals surface area contributed by atoms with Crippen LogP contribution in [-0.2, 0) is 22.4 Å². The van der Waals surface area contributed by atoms with E-state index in [2.05, 4.69) is 5.32 Å². The fourth-order valence-corrected chi connectivity index (χ4v) is 3.33. The van der Waals surface area contributed by atoms with Crippen LogP contribution in [0.5, 0.6) is 0 Å². The Morgan fingerprint density at radius 1 is 1.00 bits per heavy atom. The highest BCUT2D eigenvalue weighted by Crippen LogP contribution is 2.37. The Labute approximate surface area is 156 Å². The summed E-state index contributed by atoms with van der Waals surface area (Å²) in [7, 11) is 0. The first kappa shape index (κ1) is 17.8. The summed E-state index contributed by atoms with van der Waals surface area (Å²) in [6, 6.07) is 13.5. The van der Waals surface area contributed by atoms with Crippen LogP contribution in [0.4, 0.5) is 17.1 Å². The van der Waals surface area contributed by atoms with Crippen LogP contribution in [-0.4, -0.2) is 23.6 Å². The van der Waals surface area contributed by atoms with Gasteiger partial charge in [0.25, 0.3) is 0 Å². The third-order valence-corrected chi connectivity index (χ3v) is 4.61. The largest absolute Gasteiger partial charge is 0.326 e. The molecule has 0 fully saturated rings. The van der Waals surface area contributed by atoms with Gasteiger partial charge >= 0.3 is 0 Å². The molecule has 1 aliphatic rings. The molecule has 2 aromatic carbocycles. The summed E-state index contributed by atoms with van der Waals surface area (Å²) in [4.78, 5) is 26.0. The van der Waals surface area contributed by atoms with E-state index in [1.807, 2.05) is 42.5 Å². The minimum Gasteiger partial charge on any atom is -0.326 e. The van der Waals surface area contributed by atoms with Crippen molar-refractivity contribution in [1.29, 1.82) is 0 Å². The Hall–Kier alpha value is -2.04. The number of fused-ring (bicyclic) bond motifs is 2. The molecule has 25 heavy (non-hydrogen) atoms. The van der Waals surface area contributed by atoms with Gasteiger partial charge in [-0.1, -0.05) is 24.3 Å². The molecule has 130 valence electrons. The topological polar surface area (TPSA) is 49.4 Å². The van der Waals surface area contributed by atoms with E-state index in [1.54, 1.807) is 4.90 Å². The molecular formula is C19H18Cl2N2O2. The fourth-order valence-electron chi connectivity index (χ4n) is 3.04. The van der Waals surface area contributed by atoms with Gasteiger partial charge in [-0.15, -0.1) is 23.2 Å². The maximum absolute atomic E-state index is 12.6. The molecule has 0 aliphatic carbocycles. The predicted octanol–water partition coefficient (Wildman–Crippen LogP) is 4.26. The number of hydrogen-bond donors (Lipinski definition) is 1. The van der Waals surface area contributed by atoms with E-state index >= 15 is 0 Å². The molecule has 2 aromatic rings. The molecule has 1 heterocycles. The summed E-state index contributed by atoms with van der Waals surface area (Å²) in [6.45, 7) is 0. The fraction of sp³-hybridized carbons (Fsp3) is 0.263. The lowest BCUT2D eigenvalue weighted by atomic mass is 10.0. The number of carbonyl (C=O) groups is 2. The summed E-state index contributed by atoms with van der Waals surface area (Å²) in [5.41, 5.74) is 4.39. The van der Waals surface area contributed by atoms with Crippen LogP contribution in [0.25, 0.3) is 0 Å². The van der Waals surface area contributed by atoms with E-state index in [0.717, 1.165) is 35.3 Å². The smallest absolute Gasteiger partial charge is 0.246 e. The van der Waals surface area contributed by atoms with Crippen LogP contribution >= 0.6 is 23.2 Å². The molecule has 1 aliphatic heterocycles. The summed E-state index contributed by atoms with van der Waals surface area (Å²) in [5, 5.41) is 2.82. The zero-order chi connectivity index (χ0) is 17.8. The number of nitrogens with zero attached hydrogens (tertiary/aromatic N) is 1. The van der Waals surface area contributed by atoms with Crippen molar-refractivity contribution in [1.82, 2.24) is 0 Å². The van der Waals surface area contributed by atoms with Gasteiger partial charge in [0, 0.05) is 18.0 Å². The number of para-hydroxylation sites is 1. The first-order valence-electron chi connectivity index (χ1n) is 8.09. The van der Waals surface area contributed by atoms with E-state index in [1.165, 1.54) is 0 Å². The van der Waals surface area contributed by atoms with Crippen LogP contribution < -0.4 is 10.2 Å². The number of alkyl halides is 2. The highest BCUT2D eigenvalue weighted by atomic mass is 35.5. The molecule has 0 unspecified atom stereocenters. The third-order valence-electron chi connectivity index (χ3n) is 4.19.